The van der Waals surface area contributed by atoms with Crippen LogP contribution in [0.25, 0.3) is 4.96 Å². The van der Waals surface area contributed by atoms with Crippen molar-refractivity contribution in [3.63, 3.8) is 0 Å². The van der Waals surface area contributed by atoms with Crippen LogP contribution >= 0.6 is 11.3 Å². The zero-order valence-electron chi connectivity index (χ0n) is 13.4. The number of imidazole rings is 1. The highest BCUT2D eigenvalue weighted by atomic mass is 32.1. The molecule has 1 aromatic carbocycles. The highest BCUT2D eigenvalue weighted by molar-refractivity contribution is 7.17. The Labute approximate surface area is 138 Å². The average Bonchev–Trinajstić information content (AvgIpc) is 3.01. The fourth-order valence-electron chi connectivity index (χ4n) is 2.47. The molecule has 2 aromatic heterocycles. The second-order valence-corrected chi connectivity index (χ2v) is 6.51. The zero-order valence-corrected chi connectivity index (χ0v) is 14.2. The van der Waals surface area contributed by atoms with E-state index < -0.39 is 0 Å². The second-order valence-electron chi connectivity index (χ2n) is 5.30. The number of benzene rings is 1. The van der Waals surface area contributed by atoms with Crippen LogP contribution in [0.5, 0.6) is 5.75 Å². The summed E-state index contributed by atoms with van der Waals surface area (Å²) >= 11 is 1.58. The molecule has 0 saturated carbocycles. The number of hydrogen-bond donors (Lipinski definition) is 1. The summed E-state index contributed by atoms with van der Waals surface area (Å²) < 4.78 is 7.28. The van der Waals surface area contributed by atoms with E-state index in [1.54, 1.807) is 11.3 Å². The van der Waals surface area contributed by atoms with Crippen LogP contribution < -0.4 is 10.1 Å². The van der Waals surface area contributed by atoms with Gasteiger partial charge in [0.15, 0.2) is 4.96 Å². The number of nitrogens with zero attached hydrogens (tertiary/aromatic N) is 2. The molecule has 2 heterocycles. The topological polar surface area (TPSA) is 55.6 Å². The molecule has 23 heavy (non-hydrogen) atoms. The van der Waals surface area contributed by atoms with E-state index in [0.29, 0.717) is 18.8 Å². The van der Waals surface area contributed by atoms with E-state index in [1.165, 1.54) is 0 Å². The lowest BCUT2D eigenvalue weighted by atomic mass is 10.2. The number of thiazole rings is 1. The maximum atomic E-state index is 12.5. The van der Waals surface area contributed by atoms with Crippen molar-refractivity contribution >= 4 is 22.2 Å². The number of rotatable bonds is 5. The molecular formula is C17H19N3O2S. The van der Waals surface area contributed by atoms with Crippen LogP contribution in [0, 0.1) is 13.8 Å². The van der Waals surface area contributed by atoms with Crippen LogP contribution in [0.15, 0.2) is 30.5 Å². The number of nitrogens with one attached hydrogen (secondary N) is 1. The quantitative estimate of drug-likeness (QED) is 0.781. The molecule has 0 aliphatic rings. The summed E-state index contributed by atoms with van der Waals surface area (Å²) in [6, 6.07) is 7.74. The van der Waals surface area contributed by atoms with Crippen molar-refractivity contribution in [1.82, 2.24) is 14.7 Å². The molecule has 0 fully saturated rings. The molecule has 3 rings (SSSR count). The third-order valence-electron chi connectivity index (χ3n) is 3.52. The van der Waals surface area contributed by atoms with Gasteiger partial charge in [-0.3, -0.25) is 9.20 Å². The first-order valence-corrected chi connectivity index (χ1v) is 8.35. The Kier molecular flexibility index (Phi) is 4.34. The van der Waals surface area contributed by atoms with Crippen LogP contribution in [0.1, 0.15) is 33.5 Å². The van der Waals surface area contributed by atoms with Crippen LogP contribution in [0.2, 0.25) is 0 Å². The van der Waals surface area contributed by atoms with Crippen LogP contribution in [0.4, 0.5) is 0 Å². The van der Waals surface area contributed by atoms with Crippen LogP contribution in [-0.2, 0) is 6.54 Å². The van der Waals surface area contributed by atoms with Crippen molar-refractivity contribution in [2.45, 2.75) is 27.3 Å². The summed E-state index contributed by atoms with van der Waals surface area (Å²) in [5, 5.41) is 2.96. The summed E-state index contributed by atoms with van der Waals surface area (Å²) in [7, 11) is 0. The second kappa shape index (κ2) is 6.42. The standard InChI is InChI=1S/C17H19N3O2S/c1-4-22-14-7-5-13(6-8-14)9-18-16(21)15-12(3)19-17-20(15)10-11(2)23-17/h5-8,10H,4,9H2,1-3H3,(H,18,21). The van der Waals surface area contributed by atoms with E-state index in [9.17, 15) is 4.79 Å². The number of carbonyl (C=O) groups excluding carboxylic acids is 1. The van der Waals surface area contributed by atoms with Gasteiger partial charge in [-0.15, -0.1) is 11.3 Å². The normalized spacial score (nSPS) is 10.9. The number of aromatic nitrogens is 2. The molecule has 0 saturated heterocycles. The molecule has 5 nitrogen and oxygen atoms in total. The Bertz CT molecular complexity index is 834. The number of hydrogen-bond acceptors (Lipinski definition) is 4. The minimum Gasteiger partial charge on any atom is -0.494 e. The highest BCUT2D eigenvalue weighted by Crippen LogP contribution is 2.20. The lowest BCUT2D eigenvalue weighted by Gasteiger charge is -2.07. The SMILES string of the molecule is CCOc1ccc(CNC(=O)c2c(C)nc3sc(C)cn23)cc1. The van der Waals surface area contributed by atoms with E-state index in [4.69, 9.17) is 4.74 Å². The number of amides is 1. The molecule has 120 valence electrons. The zero-order chi connectivity index (χ0) is 16.4. The van der Waals surface area contributed by atoms with Gasteiger partial charge in [-0.1, -0.05) is 12.1 Å². The third kappa shape index (κ3) is 3.22. The summed E-state index contributed by atoms with van der Waals surface area (Å²) in [5.41, 5.74) is 2.39. The van der Waals surface area contributed by atoms with Gasteiger partial charge >= 0.3 is 0 Å². The Morgan fingerprint density at radius 2 is 2.04 bits per heavy atom. The largest absolute Gasteiger partial charge is 0.494 e. The van der Waals surface area contributed by atoms with Gasteiger partial charge in [0.25, 0.3) is 5.91 Å². The van der Waals surface area contributed by atoms with Gasteiger partial charge in [-0.25, -0.2) is 4.98 Å². The fraction of sp³-hybridized carbons (Fsp3) is 0.294. The molecule has 0 radical (unpaired) electrons. The molecule has 1 N–H and O–H groups in total. The van der Waals surface area contributed by atoms with Crippen molar-refractivity contribution in [3.8, 4) is 5.75 Å². The number of fused-ring (bicyclic) bond motifs is 1. The smallest absolute Gasteiger partial charge is 0.270 e. The van der Waals surface area contributed by atoms with Gasteiger partial charge in [0.05, 0.1) is 12.3 Å². The summed E-state index contributed by atoms with van der Waals surface area (Å²) in [5.74, 6) is 0.728. The van der Waals surface area contributed by atoms with Gasteiger partial charge in [0.1, 0.15) is 11.4 Å². The minimum absolute atomic E-state index is 0.110. The number of carbonyl (C=O) groups is 1. The molecule has 0 unspecified atom stereocenters. The monoisotopic (exact) mass is 329 g/mol. The first-order valence-electron chi connectivity index (χ1n) is 7.53. The molecular weight excluding hydrogens is 310 g/mol. The van der Waals surface area contributed by atoms with E-state index in [1.807, 2.05) is 55.6 Å². The predicted molar refractivity (Wildman–Crippen MR) is 91.3 cm³/mol. The molecule has 0 aliphatic carbocycles. The van der Waals surface area contributed by atoms with Gasteiger partial charge < -0.3 is 10.1 Å². The van der Waals surface area contributed by atoms with Crippen molar-refractivity contribution in [2.24, 2.45) is 0 Å². The van der Waals surface area contributed by atoms with E-state index in [0.717, 1.165) is 26.8 Å². The first kappa shape index (κ1) is 15.6. The molecule has 6 heteroatoms. The summed E-state index contributed by atoms with van der Waals surface area (Å²) in [6.07, 6.45) is 1.95. The molecule has 1 amide bonds. The van der Waals surface area contributed by atoms with E-state index in [2.05, 4.69) is 10.3 Å². The van der Waals surface area contributed by atoms with Gasteiger partial charge in [-0.05, 0) is 38.5 Å². The van der Waals surface area contributed by atoms with Gasteiger partial charge in [0.2, 0.25) is 0 Å². The van der Waals surface area contributed by atoms with Crippen molar-refractivity contribution in [2.75, 3.05) is 6.61 Å². The highest BCUT2D eigenvalue weighted by Gasteiger charge is 2.17. The first-order chi connectivity index (χ1) is 11.1. The summed E-state index contributed by atoms with van der Waals surface area (Å²) in [6.45, 7) is 6.94. The lowest BCUT2D eigenvalue weighted by Crippen LogP contribution is -2.24. The van der Waals surface area contributed by atoms with Gasteiger partial charge in [0, 0.05) is 17.6 Å². The van der Waals surface area contributed by atoms with Crippen molar-refractivity contribution in [3.05, 3.63) is 52.3 Å². The lowest BCUT2D eigenvalue weighted by molar-refractivity contribution is 0.0944. The summed E-state index contributed by atoms with van der Waals surface area (Å²) in [4.78, 5) is 18.9. The maximum Gasteiger partial charge on any atom is 0.270 e. The minimum atomic E-state index is -0.110. The van der Waals surface area contributed by atoms with Crippen LogP contribution in [0.3, 0.4) is 0 Å². The molecule has 0 aliphatic heterocycles. The molecule has 0 bridgehead atoms. The average molecular weight is 329 g/mol. The Hall–Kier alpha value is -2.34. The number of ether oxygens (including phenoxy) is 1. The van der Waals surface area contributed by atoms with Gasteiger partial charge in [-0.2, -0.15) is 0 Å². The third-order valence-corrected chi connectivity index (χ3v) is 4.42. The maximum absolute atomic E-state index is 12.5. The molecule has 0 spiro atoms. The molecule has 0 atom stereocenters. The fourth-order valence-corrected chi connectivity index (χ4v) is 3.35. The predicted octanol–water partition coefficient (Wildman–Crippen LogP) is 3.34. The molecule has 3 aromatic rings. The van der Waals surface area contributed by atoms with Crippen molar-refractivity contribution < 1.29 is 9.53 Å². The Balaban J connectivity index is 1.72. The Morgan fingerprint density at radius 3 is 2.74 bits per heavy atom. The van der Waals surface area contributed by atoms with E-state index in [-0.39, 0.29) is 5.91 Å². The van der Waals surface area contributed by atoms with E-state index >= 15 is 0 Å². The Morgan fingerprint density at radius 1 is 1.30 bits per heavy atom. The van der Waals surface area contributed by atoms with Crippen molar-refractivity contribution in [1.29, 1.82) is 0 Å². The van der Waals surface area contributed by atoms with Crippen LogP contribution in [-0.4, -0.2) is 21.9 Å². The number of aryl methyl sites for hydroxylation is 2.